The van der Waals surface area contributed by atoms with E-state index < -0.39 is 0 Å². The molecule has 4 nitrogen and oxygen atoms in total. The molecule has 0 aliphatic rings. The Labute approximate surface area is 138 Å². The highest BCUT2D eigenvalue weighted by atomic mass is 35.5. The first-order valence-corrected chi connectivity index (χ1v) is 8.11. The van der Waals surface area contributed by atoms with Gasteiger partial charge in [-0.25, -0.2) is 9.97 Å². The minimum absolute atomic E-state index is 0.342. The highest BCUT2D eigenvalue weighted by molar-refractivity contribution is 7.14. The minimum atomic E-state index is 0.342. The molecule has 0 saturated heterocycles. The van der Waals surface area contributed by atoms with Gasteiger partial charge in [-0.1, -0.05) is 11.6 Å². The number of anilines is 1. The molecule has 1 N–H and O–H groups in total. The summed E-state index contributed by atoms with van der Waals surface area (Å²) in [5.41, 5.74) is 2.23. The summed E-state index contributed by atoms with van der Waals surface area (Å²) in [5, 5.41) is 7.48. The number of aromatic nitrogens is 2. The largest absolute Gasteiger partial charge is 0.495 e. The van der Waals surface area contributed by atoms with Crippen LogP contribution in [0.25, 0.3) is 22.3 Å². The summed E-state index contributed by atoms with van der Waals surface area (Å²) in [7, 11) is 1.59. The molecule has 6 heteroatoms. The summed E-state index contributed by atoms with van der Waals surface area (Å²) in [6.45, 7) is 4.16. The molecule has 22 heavy (non-hydrogen) atoms. The number of rotatable bonds is 4. The van der Waals surface area contributed by atoms with Crippen LogP contribution in [-0.4, -0.2) is 23.1 Å². The predicted molar refractivity (Wildman–Crippen MR) is 92.0 cm³/mol. The number of hydrogen-bond acceptors (Lipinski definition) is 5. The van der Waals surface area contributed by atoms with Gasteiger partial charge in [0, 0.05) is 16.8 Å². The van der Waals surface area contributed by atoms with Crippen molar-refractivity contribution in [3.8, 4) is 17.1 Å². The summed E-state index contributed by atoms with van der Waals surface area (Å²) >= 11 is 7.89. The van der Waals surface area contributed by atoms with E-state index in [1.165, 1.54) is 0 Å². The first-order valence-electron chi connectivity index (χ1n) is 6.86. The fourth-order valence-electron chi connectivity index (χ4n) is 2.06. The Hall–Kier alpha value is -1.85. The number of thiazole rings is 1. The van der Waals surface area contributed by atoms with E-state index in [1.807, 2.05) is 23.6 Å². The molecule has 2 aromatic heterocycles. The van der Waals surface area contributed by atoms with Crippen LogP contribution in [0, 0.1) is 6.07 Å². The fraction of sp³-hybridized carbons (Fsp3) is 0.250. The minimum Gasteiger partial charge on any atom is -0.495 e. The lowest BCUT2D eigenvalue weighted by molar-refractivity contribution is 0.415. The smallest absolute Gasteiger partial charge is 0.183 e. The van der Waals surface area contributed by atoms with E-state index in [0.29, 0.717) is 22.3 Å². The van der Waals surface area contributed by atoms with Crippen LogP contribution in [0.1, 0.15) is 13.8 Å². The van der Waals surface area contributed by atoms with Crippen molar-refractivity contribution in [3.63, 3.8) is 0 Å². The number of methoxy groups -OCH3 is 1. The lowest BCUT2D eigenvalue weighted by Crippen LogP contribution is -2.09. The van der Waals surface area contributed by atoms with Crippen molar-refractivity contribution >= 4 is 39.0 Å². The van der Waals surface area contributed by atoms with Crippen LogP contribution in [0.4, 0.5) is 5.13 Å². The predicted octanol–water partition coefficient (Wildman–Crippen LogP) is 4.64. The van der Waals surface area contributed by atoms with Crippen molar-refractivity contribution in [2.75, 3.05) is 12.4 Å². The molecule has 0 saturated carbocycles. The van der Waals surface area contributed by atoms with Crippen LogP contribution < -0.4 is 10.1 Å². The summed E-state index contributed by atoms with van der Waals surface area (Å²) in [4.78, 5) is 9.17. The van der Waals surface area contributed by atoms with E-state index in [0.717, 1.165) is 21.9 Å². The molecular formula is C16H15ClN3OS. The van der Waals surface area contributed by atoms with Gasteiger partial charge in [0.05, 0.1) is 18.3 Å². The normalized spacial score (nSPS) is 11.1. The Morgan fingerprint density at radius 3 is 2.82 bits per heavy atom. The van der Waals surface area contributed by atoms with Gasteiger partial charge in [-0.05, 0) is 38.1 Å². The number of nitrogens with zero attached hydrogens (tertiary/aromatic N) is 2. The molecule has 3 rings (SSSR count). The lowest BCUT2D eigenvalue weighted by Gasteiger charge is -2.07. The van der Waals surface area contributed by atoms with E-state index in [9.17, 15) is 0 Å². The Bertz CT molecular complexity index is 816. The monoisotopic (exact) mass is 332 g/mol. The summed E-state index contributed by atoms with van der Waals surface area (Å²) < 4.78 is 5.24. The number of pyridine rings is 1. The zero-order valence-electron chi connectivity index (χ0n) is 12.5. The van der Waals surface area contributed by atoms with Gasteiger partial charge in [0.2, 0.25) is 0 Å². The number of benzene rings is 1. The third-order valence-electron chi connectivity index (χ3n) is 3.08. The van der Waals surface area contributed by atoms with E-state index in [1.54, 1.807) is 18.4 Å². The molecule has 0 unspecified atom stereocenters. The first kappa shape index (κ1) is 15.1. The second kappa shape index (κ2) is 6.10. The van der Waals surface area contributed by atoms with E-state index in [-0.39, 0.29) is 0 Å². The molecule has 3 aromatic rings. The topological polar surface area (TPSA) is 47.0 Å². The molecule has 0 bridgehead atoms. The van der Waals surface area contributed by atoms with Crippen LogP contribution in [0.2, 0.25) is 5.02 Å². The Morgan fingerprint density at radius 1 is 1.27 bits per heavy atom. The van der Waals surface area contributed by atoms with Crippen molar-refractivity contribution in [2.24, 2.45) is 0 Å². The molecule has 0 aliphatic carbocycles. The average Bonchev–Trinajstić information content (AvgIpc) is 2.95. The summed E-state index contributed by atoms with van der Waals surface area (Å²) in [6.07, 6.45) is 0. The standard InChI is InChI=1S/C16H15ClN3OS/c1-9(2)18-16-20-12(8-22-16)11-6-4-10-5-7-13(21-3)14(17)15(10)19-11/h5-9H,1-3H3,(H,18,20). The van der Waals surface area contributed by atoms with Crippen LogP contribution in [0.3, 0.4) is 0 Å². The molecule has 0 aliphatic heterocycles. The number of hydrogen-bond donors (Lipinski definition) is 1. The van der Waals surface area contributed by atoms with Crippen molar-refractivity contribution in [2.45, 2.75) is 19.9 Å². The zero-order chi connectivity index (χ0) is 15.7. The Morgan fingerprint density at radius 2 is 2.09 bits per heavy atom. The number of halogens is 1. The maximum atomic E-state index is 6.34. The van der Waals surface area contributed by atoms with Gasteiger partial charge in [-0.15, -0.1) is 11.3 Å². The maximum Gasteiger partial charge on any atom is 0.183 e. The molecule has 1 aromatic carbocycles. The van der Waals surface area contributed by atoms with E-state index in [4.69, 9.17) is 16.3 Å². The van der Waals surface area contributed by atoms with Gasteiger partial charge in [0.1, 0.15) is 16.5 Å². The molecule has 113 valence electrons. The Kier molecular flexibility index (Phi) is 4.18. The Balaban J connectivity index is 2.04. The van der Waals surface area contributed by atoms with Crippen LogP contribution in [0.5, 0.6) is 5.75 Å². The quantitative estimate of drug-likeness (QED) is 0.756. The van der Waals surface area contributed by atoms with E-state index >= 15 is 0 Å². The SMILES string of the molecule is COc1ccc2[c]cc(-c3csc(NC(C)C)n3)nc2c1Cl. The van der Waals surface area contributed by atoms with Crippen LogP contribution in [-0.2, 0) is 0 Å². The summed E-state index contributed by atoms with van der Waals surface area (Å²) in [5.74, 6) is 0.604. The zero-order valence-corrected chi connectivity index (χ0v) is 14.0. The van der Waals surface area contributed by atoms with Gasteiger partial charge in [-0.2, -0.15) is 0 Å². The maximum absolute atomic E-state index is 6.34. The molecule has 0 fully saturated rings. The van der Waals surface area contributed by atoms with Gasteiger partial charge >= 0.3 is 0 Å². The molecule has 0 spiro atoms. The summed E-state index contributed by atoms with van der Waals surface area (Å²) in [6, 6.07) is 9.08. The van der Waals surface area contributed by atoms with Gasteiger partial charge in [-0.3, -0.25) is 0 Å². The second-order valence-corrected chi connectivity index (χ2v) is 6.34. The average molecular weight is 333 g/mol. The van der Waals surface area contributed by atoms with Crippen LogP contribution in [0.15, 0.2) is 23.6 Å². The molecule has 2 heterocycles. The fourth-order valence-corrected chi connectivity index (χ4v) is 3.20. The third kappa shape index (κ3) is 2.87. The first-order chi connectivity index (χ1) is 10.6. The van der Waals surface area contributed by atoms with Crippen molar-refractivity contribution in [3.05, 3.63) is 34.7 Å². The van der Waals surface area contributed by atoms with Gasteiger partial charge in [0.15, 0.2) is 5.13 Å². The lowest BCUT2D eigenvalue weighted by atomic mass is 10.2. The third-order valence-corrected chi connectivity index (χ3v) is 4.21. The van der Waals surface area contributed by atoms with Crippen molar-refractivity contribution < 1.29 is 4.74 Å². The molecular weight excluding hydrogens is 318 g/mol. The molecule has 0 amide bonds. The van der Waals surface area contributed by atoms with Crippen LogP contribution >= 0.6 is 22.9 Å². The van der Waals surface area contributed by atoms with Crippen molar-refractivity contribution in [1.82, 2.24) is 9.97 Å². The highest BCUT2D eigenvalue weighted by Gasteiger charge is 2.11. The molecule has 1 radical (unpaired) electrons. The van der Waals surface area contributed by atoms with E-state index in [2.05, 4.69) is 35.2 Å². The number of ether oxygens (including phenoxy) is 1. The highest BCUT2D eigenvalue weighted by Crippen LogP contribution is 2.33. The van der Waals surface area contributed by atoms with Crippen molar-refractivity contribution in [1.29, 1.82) is 0 Å². The van der Waals surface area contributed by atoms with Gasteiger partial charge < -0.3 is 10.1 Å². The number of fused-ring (bicyclic) bond motifs is 1. The second-order valence-electron chi connectivity index (χ2n) is 5.10. The van der Waals surface area contributed by atoms with Gasteiger partial charge in [0.25, 0.3) is 0 Å². The number of nitrogens with one attached hydrogen (secondary N) is 1. The molecule has 0 atom stereocenters.